The van der Waals surface area contributed by atoms with Crippen LogP contribution in [-0.4, -0.2) is 36.3 Å². The molecule has 0 amide bonds. The van der Waals surface area contributed by atoms with E-state index in [1.807, 2.05) is 23.5 Å². The number of fused-ring (bicyclic) bond motifs is 2. The second-order valence-electron chi connectivity index (χ2n) is 7.19. The van der Waals surface area contributed by atoms with Gasteiger partial charge in [0.05, 0.1) is 0 Å². The summed E-state index contributed by atoms with van der Waals surface area (Å²) in [6, 6.07) is 17.5. The van der Waals surface area contributed by atoms with Crippen molar-refractivity contribution in [3.8, 4) is 0 Å². The van der Waals surface area contributed by atoms with E-state index in [0.29, 0.717) is 18.1 Å². The number of rotatable bonds is 2. The minimum Gasteiger partial charge on any atom is -0.311 e. The van der Waals surface area contributed by atoms with Crippen molar-refractivity contribution < 1.29 is 0 Å². The zero-order chi connectivity index (χ0) is 17.4. The van der Waals surface area contributed by atoms with Crippen LogP contribution in [0.25, 0.3) is 0 Å². The number of thioether (sulfide) groups is 1. The van der Waals surface area contributed by atoms with Crippen LogP contribution >= 0.6 is 23.5 Å². The number of piperazine rings is 1. The number of hydrogen-bond acceptors (Lipinski definition) is 4. The molecular formula is C21H26N2S2. The highest BCUT2D eigenvalue weighted by molar-refractivity contribution is 7.99. The fourth-order valence-corrected chi connectivity index (χ4v) is 5.56. The summed E-state index contributed by atoms with van der Waals surface area (Å²) in [5.41, 5.74) is 2.99. The van der Waals surface area contributed by atoms with Crippen molar-refractivity contribution in [1.29, 1.82) is 0 Å². The van der Waals surface area contributed by atoms with Gasteiger partial charge in [-0.05, 0) is 61.9 Å². The van der Waals surface area contributed by atoms with E-state index in [2.05, 4.69) is 72.8 Å². The zero-order valence-corrected chi connectivity index (χ0v) is 16.8. The van der Waals surface area contributed by atoms with Crippen molar-refractivity contribution in [1.82, 2.24) is 10.2 Å². The molecule has 0 aromatic heterocycles. The predicted molar refractivity (Wildman–Crippen MR) is 109 cm³/mol. The third kappa shape index (κ3) is 3.50. The molecule has 0 spiro atoms. The number of benzene rings is 2. The van der Waals surface area contributed by atoms with Crippen molar-refractivity contribution >= 4 is 23.5 Å². The molecule has 2 aromatic carbocycles. The largest absolute Gasteiger partial charge is 0.311 e. The molecule has 1 fully saturated rings. The molecule has 1 saturated heterocycles. The molecule has 4 rings (SSSR count). The van der Waals surface area contributed by atoms with Gasteiger partial charge >= 0.3 is 0 Å². The quantitative estimate of drug-likeness (QED) is 0.761. The summed E-state index contributed by atoms with van der Waals surface area (Å²) in [5, 5.41) is 3.63. The van der Waals surface area contributed by atoms with Gasteiger partial charge in [-0.1, -0.05) is 30.0 Å². The first-order chi connectivity index (χ1) is 12.2. The lowest BCUT2D eigenvalue weighted by molar-refractivity contribution is 0.0928. The lowest BCUT2D eigenvalue weighted by Crippen LogP contribution is -2.55. The van der Waals surface area contributed by atoms with Crippen LogP contribution in [0.15, 0.2) is 57.2 Å². The predicted octanol–water partition coefficient (Wildman–Crippen LogP) is 4.84. The van der Waals surface area contributed by atoms with E-state index >= 15 is 0 Å². The maximum atomic E-state index is 3.63. The first-order valence-corrected chi connectivity index (χ1v) is 11.1. The topological polar surface area (TPSA) is 15.3 Å². The number of hydrogen-bond donors (Lipinski definition) is 1. The third-order valence-corrected chi connectivity index (χ3v) is 7.33. The molecule has 0 bridgehead atoms. The summed E-state index contributed by atoms with van der Waals surface area (Å²) in [6.45, 7) is 6.85. The first-order valence-electron chi connectivity index (χ1n) is 9.08. The summed E-state index contributed by atoms with van der Waals surface area (Å²) < 4.78 is 0. The van der Waals surface area contributed by atoms with Gasteiger partial charge in [-0.2, -0.15) is 0 Å². The highest BCUT2D eigenvalue weighted by atomic mass is 32.2. The summed E-state index contributed by atoms with van der Waals surface area (Å²) >= 11 is 3.78. The van der Waals surface area contributed by atoms with Crippen molar-refractivity contribution in [2.45, 2.75) is 53.1 Å². The normalized spacial score (nSPS) is 26.6. The minimum absolute atomic E-state index is 0.456. The molecule has 0 saturated carbocycles. The molecule has 2 aromatic rings. The summed E-state index contributed by atoms with van der Waals surface area (Å²) in [4.78, 5) is 6.93. The van der Waals surface area contributed by atoms with Crippen LogP contribution in [-0.2, 0) is 6.42 Å². The van der Waals surface area contributed by atoms with Gasteiger partial charge in [-0.25, -0.2) is 0 Å². The summed E-state index contributed by atoms with van der Waals surface area (Å²) in [5.74, 6) is 0. The lowest BCUT2D eigenvalue weighted by Gasteiger charge is -2.43. The molecular weight excluding hydrogens is 344 g/mol. The Kier molecular flexibility index (Phi) is 5.14. The van der Waals surface area contributed by atoms with Gasteiger partial charge in [0.2, 0.25) is 0 Å². The maximum absolute atomic E-state index is 3.63. The standard InChI is InChI=1S/C21H26N2S2/c1-14-13-23(15(2)12-22-14)19-10-16-6-4-5-7-20(16)25-21-9-8-17(24-3)11-18(19)21/h4-9,11,14-15,19,22H,10,12-13H2,1-3H3. The second kappa shape index (κ2) is 7.36. The Hall–Kier alpha value is -0.940. The molecule has 2 heterocycles. The molecule has 3 atom stereocenters. The molecule has 2 aliphatic heterocycles. The van der Waals surface area contributed by atoms with E-state index < -0.39 is 0 Å². The average Bonchev–Trinajstić information content (AvgIpc) is 2.79. The van der Waals surface area contributed by atoms with Crippen LogP contribution in [0, 0.1) is 0 Å². The molecule has 1 N–H and O–H groups in total. The second-order valence-corrected chi connectivity index (χ2v) is 9.15. The highest BCUT2D eigenvalue weighted by Gasteiger charge is 2.33. The van der Waals surface area contributed by atoms with Crippen LogP contribution in [0.3, 0.4) is 0 Å². The smallest absolute Gasteiger partial charge is 0.0404 e. The van der Waals surface area contributed by atoms with E-state index in [4.69, 9.17) is 0 Å². The van der Waals surface area contributed by atoms with E-state index in [-0.39, 0.29) is 0 Å². The molecule has 3 unspecified atom stereocenters. The van der Waals surface area contributed by atoms with Gasteiger partial charge < -0.3 is 5.32 Å². The van der Waals surface area contributed by atoms with Gasteiger partial charge in [-0.15, -0.1) is 11.8 Å². The van der Waals surface area contributed by atoms with Crippen LogP contribution in [0.1, 0.15) is 31.0 Å². The van der Waals surface area contributed by atoms with E-state index in [9.17, 15) is 0 Å². The van der Waals surface area contributed by atoms with Gasteiger partial charge in [0.1, 0.15) is 0 Å². The number of nitrogens with one attached hydrogen (secondary N) is 1. The average molecular weight is 371 g/mol. The Bertz CT molecular complexity index is 761. The van der Waals surface area contributed by atoms with Crippen molar-refractivity contribution in [2.24, 2.45) is 0 Å². The molecule has 2 aliphatic rings. The van der Waals surface area contributed by atoms with E-state index in [1.54, 1.807) is 0 Å². The lowest BCUT2D eigenvalue weighted by atomic mass is 9.94. The van der Waals surface area contributed by atoms with Gasteiger partial charge in [0.25, 0.3) is 0 Å². The highest BCUT2D eigenvalue weighted by Crippen LogP contribution is 2.44. The number of nitrogens with zero attached hydrogens (tertiary/aromatic N) is 1. The van der Waals surface area contributed by atoms with Crippen LogP contribution in [0.5, 0.6) is 0 Å². The molecule has 4 heteroatoms. The van der Waals surface area contributed by atoms with E-state index in [1.165, 1.54) is 25.8 Å². The van der Waals surface area contributed by atoms with Crippen LogP contribution in [0.2, 0.25) is 0 Å². The van der Waals surface area contributed by atoms with Crippen LogP contribution < -0.4 is 5.32 Å². The third-order valence-electron chi connectivity index (χ3n) is 5.39. The zero-order valence-electron chi connectivity index (χ0n) is 15.2. The fraction of sp³-hybridized carbons (Fsp3) is 0.429. The van der Waals surface area contributed by atoms with Crippen molar-refractivity contribution in [3.63, 3.8) is 0 Å². The first kappa shape index (κ1) is 17.5. The summed E-state index contributed by atoms with van der Waals surface area (Å²) in [6.07, 6.45) is 3.27. The Morgan fingerprint density at radius 2 is 1.96 bits per heavy atom. The van der Waals surface area contributed by atoms with Gasteiger partial charge in [0.15, 0.2) is 0 Å². The minimum atomic E-state index is 0.456. The Morgan fingerprint density at radius 1 is 1.12 bits per heavy atom. The SMILES string of the molecule is CSc1ccc2c(c1)C(N1CC(C)NCC1C)Cc1ccccc1S2. The molecule has 25 heavy (non-hydrogen) atoms. The van der Waals surface area contributed by atoms with Gasteiger partial charge in [-0.3, -0.25) is 4.90 Å². The molecule has 0 aliphatic carbocycles. The van der Waals surface area contributed by atoms with Gasteiger partial charge in [0, 0.05) is 45.9 Å². The summed E-state index contributed by atoms with van der Waals surface area (Å²) in [7, 11) is 0. The Morgan fingerprint density at radius 3 is 2.80 bits per heavy atom. The molecule has 132 valence electrons. The van der Waals surface area contributed by atoms with E-state index in [0.717, 1.165) is 19.5 Å². The fourth-order valence-electron chi connectivity index (χ4n) is 4.00. The Labute approximate surface area is 159 Å². The monoisotopic (exact) mass is 370 g/mol. The maximum Gasteiger partial charge on any atom is 0.0404 e. The Balaban J connectivity index is 1.81. The molecule has 2 nitrogen and oxygen atoms in total. The van der Waals surface area contributed by atoms with Crippen molar-refractivity contribution in [3.05, 3.63) is 53.6 Å². The molecule has 0 radical (unpaired) electrons. The van der Waals surface area contributed by atoms with Crippen molar-refractivity contribution in [2.75, 3.05) is 19.3 Å². The van der Waals surface area contributed by atoms with Crippen LogP contribution in [0.4, 0.5) is 0 Å².